The Morgan fingerprint density at radius 1 is 1.67 bits per heavy atom. The first-order chi connectivity index (χ1) is 5.81. The first-order valence-corrected chi connectivity index (χ1v) is 3.71. The van der Waals surface area contributed by atoms with Gasteiger partial charge in [-0.1, -0.05) is 5.22 Å². The van der Waals surface area contributed by atoms with Crippen molar-refractivity contribution in [2.45, 2.75) is 12.5 Å². The zero-order valence-electron chi connectivity index (χ0n) is 6.77. The fourth-order valence-electron chi connectivity index (χ4n) is 1.30. The van der Waals surface area contributed by atoms with Crippen molar-refractivity contribution in [3.05, 3.63) is 23.6 Å². The van der Waals surface area contributed by atoms with Gasteiger partial charge in [0.15, 0.2) is 0 Å². The monoisotopic (exact) mass is 166 g/mol. The van der Waals surface area contributed by atoms with Gasteiger partial charge in [-0.2, -0.15) is 10.2 Å². The van der Waals surface area contributed by atoms with Crippen molar-refractivity contribution in [3.8, 4) is 0 Å². The van der Waals surface area contributed by atoms with E-state index in [-0.39, 0.29) is 6.04 Å². The third-order valence-corrected chi connectivity index (χ3v) is 1.99. The summed E-state index contributed by atoms with van der Waals surface area (Å²) in [6.07, 6.45) is 4.52. The Hall–Kier alpha value is -1.36. The molecule has 0 spiro atoms. The Kier molecular flexibility index (Phi) is 1.58. The van der Waals surface area contributed by atoms with Gasteiger partial charge in [-0.25, -0.2) is 5.84 Å². The van der Waals surface area contributed by atoms with Crippen LogP contribution in [0.1, 0.15) is 6.42 Å². The van der Waals surface area contributed by atoms with Gasteiger partial charge in [-0.3, -0.25) is 0 Å². The summed E-state index contributed by atoms with van der Waals surface area (Å²) in [6.45, 7) is 0. The minimum Gasteiger partial charge on any atom is -0.501 e. The second-order valence-electron chi connectivity index (χ2n) is 2.70. The van der Waals surface area contributed by atoms with Gasteiger partial charge in [-0.05, 0) is 12.2 Å². The minimum atomic E-state index is 0.0509. The zero-order valence-corrected chi connectivity index (χ0v) is 6.77. The lowest BCUT2D eigenvalue weighted by atomic mass is 10.1. The maximum atomic E-state index is 5.51. The van der Waals surface area contributed by atoms with Gasteiger partial charge in [0.05, 0.1) is 18.6 Å². The molecule has 5 heteroatoms. The Morgan fingerprint density at radius 3 is 3.25 bits per heavy atom. The number of hydrogen-bond donors (Lipinski definition) is 1. The first kappa shape index (κ1) is 7.30. The molecule has 0 aromatic carbocycles. The summed E-state index contributed by atoms with van der Waals surface area (Å²) < 4.78 is 5.09. The molecule has 12 heavy (non-hydrogen) atoms. The lowest BCUT2D eigenvalue weighted by Crippen LogP contribution is -2.26. The van der Waals surface area contributed by atoms with Crippen LogP contribution in [0.25, 0.3) is 0 Å². The molecule has 0 saturated heterocycles. The van der Waals surface area contributed by atoms with Crippen molar-refractivity contribution >= 4 is 0 Å². The molecule has 0 fully saturated rings. The maximum Gasteiger partial charge on any atom is 0.123 e. The van der Waals surface area contributed by atoms with Crippen molar-refractivity contribution in [2.75, 3.05) is 7.11 Å². The standard InChI is InChI=1S/C7H10N4O/c1-12-5-2-3-7-6(4-5)9-10-11(7)8/h2-3,6H,4,8H2,1H3. The normalized spacial score (nSPS) is 26.5. The lowest BCUT2D eigenvalue weighted by Gasteiger charge is -2.16. The molecule has 0 bridgehead atoms. The van der Waals surface area contributed by atoms with Crippen LogP contribution in [0, 0.1) is 0 Å². The molecule has 64 valence electrons. The van der Waals surface area contributed by atoms with Crippen LogP contribution >= 0.6 is 0 Å². The highest BCUT2D eigenvalue weighted by Crippen LogP contribution is 2.27. The highest BCUT2D eigenvalue weighted by molar-refractivity contribution is 5.26. The van der Waals surface area contributed by atoms with Crippen molar-refractivity contribution in [3.63, 3.8) is 0 Å². The molecular weight excluding hydrogens is 156 g/mol. The van der Waals surface area contributed by atoms with Crippen LogP contribution in [0.5, 0.6) is 0 Å². The molecule has 0 amide bonds. The van der Waals surface area contributed by atoms with E-state index in [0.29, 0.717) is 0 Å². The summed E-state index contributed by atoms with van der Waals surface area (Å²) in [5.74, 6) is 6.43. The molecule has 1 heterocycles. The summed E-state index contributed by atoms with van der Waals surface area (Å²) in [5.41, 5.74) is 0.927. The fourth-order valence-corrected chi connectivity index (χ4v) is 1.30. The zero-order chi connectivity index (χ0) is 8.55. The molecule has 2 rings (SSSR count). The van der Waals surface area contributed by atoms with Gasteiger partial charge >= 0.3 is 0 Å². The summed E-state index contributed by atoms with van der Waals surface area (Å²) in [4.78, 5) is 0. The van der Waals surface area contributed by atoms with Gasteiger partial charge in [0.25, 0.3) is 0 Å². The van der Waals surface area contributed by atoms with Crippen LogP contribution in [0.2, 0.25) is 0 Å². The topological polar surface area (TPSA) is 63.2 Å². The quantitative estimate of drug-likeness (QED) is 0.584. The smallest absolute Gasteiger partial charge is 0.123 e. The minimum absolute atomic E-state index is 0.0509. The number of hydrazine groups is 1. The predicted octanol–water partition coefficient (Wildman–Crippen LogP) is 0.729. The predicted molar refractivity (Wildman–Crippen MR) is 42.5 cm³/mol. The van der Waals surface area contributed by atoms with E-state index in [4.69, 9.17) is 10.6 Å². The average molecular weight is 166 g/mol. The fraction of sp³-hybridized carbons (Fsp3) is 0.429. The highest BCUT2D eigenvalue weighted by Gasteiger charge is 2.27. The summed E-state index contributed by atoms with van der Waals surface area (Å²) in [7, 11) is 1.65. The molecule has 1 aliphatic carbocycles. The Bertz CT molecular complexity index is 281. The number of hydrogen-bond acceptors (Lipinski definition) is 5. The van der Waals surface area contributed by atoms with E-state index >= 15 is 0 Å². The van der Waals surface area contributed by atoms with E-state index in [2.05, 4.69) is 10.3 Å². The molecule has 0 aromatic heterocycles. The molecule has 2 aliphatic rings. The van der Waals surface area contributed by atoms with Gasteiger partial charge < -0.3 is 4.74 Å². The largest absolute Gasteiger partial charge is 0.501 e. The number of ether oxygens (including phenoxy) is 1. The summed E-state index contributed by atoms with van der Waals surface area (Å²) >= 11 is 0. The van der Waals surface area contributed by atoms with Crippen LogP contribution in [0.15, 0.2) is 33.9 Å². The molecule has 1 aliphatic heterocycles. The number of rotatable bonds is 1. The van der Waals surface area contributed by atoms with Crippen LogP contribution in [0.3, 0.4) is 0 Å². The van der Waals surface area contributed by atoms with Crippen LogP contribution in [-0.4, -0.2) is 18.3 Å². The third-order valence-electron chi connectivity index (χ3n) is 1.99. The van der Waals surface area contributed by atoms with Gasteiger partial charge in [0.2, 0.25) is 0 Å². The summed E-state index contributed by atoms with van der Waals surface area (Å²) in [5, 5.41) is 9.00. The number of methoxy groups -OCH3 is 1. The molecule has 1 atom stereocenters. The van der Waals surface area contributed by atoms with E-state index in [1.54, 1.807) is 7.11 Å². The molecule has 2 N–H and O–H groups in total. The Morgan fingerprint density at radius 2 is 2.50 bits per heavy atom. The number of fused-ring (bicyclic) bond motifs is 1. The van der Waals surface area contributed by atoms with Crippen molar-refractivity contribution in [1.29, 1.82) is 0 Å². The molecule has 1 unspecified atom stereocenters. The van der Waals surface area contributed by atoms with Crippen LogP contribution < -0.4 is 5.84 Å². The molecular formula is C7H10N4O. The third kappa shape index (κ3) is 0.984. The van der Waals surface area contributed by atoms with E-state index in [0.717, 1.165) is 17.9 Å². The van der Waals surface area contributed by atoms with E-state index in [1.807, 2.05) is 12.2 Å². The van der Waals surface area contributed by atoms with Crippen molar-refractivity contribution < 1.29 is 4.74 Å². The first-order valence-electron chi connectivity index (χ1n) is 3.71. The van der Waals surface area contributed by atoms with Crippen LogP contribution in [0.4, 0.5) is 0 Å². The Labute approximate surface area is 70.1 Å². The van der Waals surface area contributed by atoms with Crippen molar-refractivity contribution in [2.24, 2.45) is 16.2 Å². The van der Waals surface area contributed by atoms with Crippen LogP contribution in [-0.2, 0) is 4.74 Å². The molecule has 0 saturated carbocycles. The SMILES string of the molecule is COC1=CC=C2C(C1)N=NN2N. The average Bonchev–Trinajstić information content (AvgIpc) is 2.47. The lowest BCUT2D eigenvalue weighted by molar-refractivity contribution is 0.269. The second-order valence-corrected chi connectivity index (χ2v) is 2.70. The van der Waals surface area contributed by atoms with Gasteiger partial charge in [0.1, 0.15) is 6.04 Å². The van der Waals surface area contributed by atoms with Gasteiger partial charge in [0, 0.05) is 6.42 Å². The number of allylic oxidation sites excluding steroid dienone is 2. The number of nitrogens with two attached hydrogens (primary N) is 1. The number of nitrogens with zero attached hydrogens (tertiary/aromatic N) is 3. The molecule has 0 aromatic rings. The van der Waals surface area contributed by atoms with E-state index < -0.39 is 0 Å². The molecule has 5 nitrogen and oxygen atoms in total. The van der Waals surface area contributed by atoms with Crippen molar-refractivity contribution in [1.82, 2.24) is 5.12 Å². The Balaban J connectivity index is 2.23. The van der Waals surface area contributed by atoms with Gasteiger partial charge in [-0.15, -0.1) is 0 Å². The van der Waals surface area contributed by atoms with E-state index in [9.17, 15) is 0 Å². The second kappa shape index (κ2) is 2.60. The maximum absolute atomic E-state index is 5.51. The highest BCUT2D eigenvalue weighted by atomic mass is 16.5. The molecule has 0 radical (unpaired) electrons. The van der Waals surface area contributed by atoms with E-state index in [1.165, 1.54) is 5.12 Å². The summed E-state index contributed by atoms with van der Waals surface area (Å²) in [6, 6.07) is 0.0509.